The predicted molar refractivity (Wildman–Crippen MR) is 109 cm³/mol. The van der Waals surface area contributed by atoms with E-state index >= 15 is 0 Å². The average Bonchev–Trinajstić information content (AvgIpc) is 3.04. The maximum absolute atomic E-state index is 12.5. The lowest BCUT2D eigenvalue weighted by Crippen LogP contribution is -2.35. The summed E-state index contributed by atoms with van der Waals surface area (Å²) in [5.41, 5.74) is 4.36. The van der Waals surface area contributed by atoms with Gasteiger partial charge in [-0.05, 0) is 24.6 Å². The molecule has 3 aromatic heterocycles. The third kappa shape index (κ3) is 3.00. The van der Waals surface area contributed by atoms with Crippen molar-refractivity contribution in [3.63, 3.8) is 0 Å². The van der Waals surface area contributed by atoms with Gasteiger partial charge in [-0.1, -0.05) is 29.8 Å². The van der Waals surface area contributed by atoms with E-state index in [-0.39, 0.29) is 5.56 Å². The number of fused-ring (bicyclic) bond motifs is 2. The van der Waals surface area contributed by atoms with E-state index in [1.54, 1.807) is 12.4 Å². The summed E-state index contributed by atoms with van der Waals surface area (Å²) in [6.07, 6.45) is 4.07. The molecule has 0 amide bonds. The van der Waals surface area contributed by atoms with E-state index in [1.165, 1.54) is 0 Å². The number of aromatic nitrogens is 4. The van der Waals surface area contributed by atoms with Gasteiger partial charge in [0.2, 0.25) is 0 Å². The van der Waals surface area contributed by atoms with Crippen molar-refractivity contribution in [1.82, 2.24) is 24.8 Å². The van der Waals surface area contributed by atoms with Crippen molar-refractivity contribution in [2.24, 2.45) is 0 Å². The molecule has 140 valence electrons. The van der Waals surface area contributed by atoms with Crippen LogP contribution in [0.2, 0.25) is 5.02 Å². The Morgan fingerprint density at radius 1 is 1.14 bits per heavy atom. The summed E-state index contributed by atoms with van der Waals surface area (Å²) in [7, 11) is 0. The van der Waals surface area contributed by atoms with Gasteiger partial charge in [0.15, 0.2) is 0 Å². The molecule has 4 aromatic rings. The van der Waals surface area contributed by atoms with Gasteiger partial charge >= 0.3 is 0 Å². The minimum Gasteiger partial charge on any atom is -0.356 e. The molecule has 0 unspecified atom stereocenters. The molecule has 1 aromatic carbocycles. The molecule has 0 fully saturated rings. The average molecular weight is 392 g/mol. The molecule has 0 spiro atoms. The van der Waals surface area contributed by atoms with Gasteiger partial charge in [-0.3, -0.25) is 14.7 Å². The van der Waals surface area contributed by atoms with E-state index in [0.29, 0.717) is 25.3 Å². The fraction of sp³-hybridized carbons (Fsp3) is 0.190. The Morgan fingerprint density at radius 2 is 2.04 bits per heavy atom. The molecule has 0 atom stereocenters. The Balaban J connectivity index is 1.45. The van der Waals surface area contributed by atoms with Gasteiger partial charge in [0.1, 0.15) is 5.82 Å². The van der Waals surface area contributed by atoms with Crippen LogP contribution >= 0.6 is 11.6 Å². The summed E-state index contributed by atoms with van der Waals surface area (Å²) in [6, 6.07) is 11.7. The van der Waals surface area contributed by atoms with Crippen molar-refractivity contribution in [3.05, 3.63) is 81.1 Å². The first-order valence-corrected chi connectivity index (χ1v) is 9.57. The van der Waals surface area contributed by atoms with Gasteiger partial charge in [-0.2, -0.15) is 0 Å². The molecule has 0 aliphatic carbocycles. The maximum atomic E-state index is 12.5. The maximum Gasteiger partial charge on any atom is 0.254 e. The SMILES string of the molecule is O=c1[nH]c(-c2cccnc2)nc2c1CCN(Cc1[nH]c3ccccc3c1Cl)C2. The zero-order valence-corrected chi connectivity index (χ0v) is 15.8. The number of nitrogens with zero attached hydrogens (tertiary/aromatic N) is 3. The number of rotatable bonds is 3. The van der Waals surface area contributed by atoms with Crippen LogP contribution in [0.4, 0.5) is 0 Å². The van der Waals surface area contributed by atoms with Crippen LogP contribution in [0.3, 0.4) is 0 Å². The number of nitrogens with one attached hydrogen (secondary N) is 2. The molecule has 0 saturated heterocycles. The molecule has 1 aliphatic rings. The molecule has 4 heterocycles. The number of aromatic amines is 2. The molecule has 28 heavy (non-hydrogen) atoms. The van der Waals surface area contributed by atoms with E-state index in [4.69, 9.17) is 16.6 Å². The molecule has 7 heteroatoms. The van der Waals surface area contributed by atoms with Crippen LogP contribution in [0, 0.1) is 0 Å². The third-order valence-corrected chi connectivity index (χ3v) is 5.61. The molecule has 0 saturated carbocycles. The largest absolute Gasteiger partial charge is 0.356 e. The summed E-state index contributed by atoms with van der Waals surface area (Å²) in [5, 5.41) is 1.79. The summed E-state index contributed by atoms with van der Waals surface area (Å²) in [6.45, 7) is 2.08. The van der Waals surface area contributed by atoms with Gasteiger partial charge in [-0.25, -0.2) is 4.98 Å². The molecule has 5 rings (SSSR count). The summed E-state index contributed by atoms with van der Waals surface area (Å²) in [5.74, 6) is 0.558. The van der Waals surface area contributed by atoms with Gasteiger partial charge in [0.25, 0.3) is 5.56 Å². The summed E-state index contributed by atoms with van der Waals surface area (Å²) in [4.78, 5) is 29.9. The molecule has 2 N–H and O–H groups in total. The van der Waals surface area contributed by atoms with Crippen LogP contribution in [-0.2, 0) is 19.5 Å². The van der Waals surface area contributed by atoms with Gasteiger partial charge < -0.3 is 9.97 Å². The molecule has 1 aliphatic heterocycles. The van der Waals surface area contributed by atoms with Crippen LogP contribution in [0.1, 0.15) is 17.0 Å². The van der Waals surface area contributed by atoms with Crippen LogP contribution < -0.4 is 5.56 Å². The number of hydrogen-bond donors (Lipinski definition) is 2. The number of benzene rings is 1. The number of halogens is 1. The van der Waals surface area contributed by atoms with E-state index in [2.05, 4.69) is 19.9 Å². The van der Waals surface area contributed by atoms with E-state index < -0.39 is 0 Å². The van der Waals surface area contributed by atoms with Crippen LogP contribution in [0.5, 0.6) is 0 Å². The quantitative estimate of drug-likeness (QED) is 0.560. The smallest absolute Gasteiger partial charge is 0.254 e. The Bertz CT molecular complexity index is 1210. The van der Waals surface area contributed by atoms with Crippen molar-refractivity contribution in [1.29, 1.82) is 0 Å². The lowest BCUT2D eigenvalue weighted by Gasteiger charge is -2.27. The molecule has 6 nitrogen and oxygen atoms in total. The lowest BCUT2D eigenvalue weighted by molar-refractivity contribution is 0.238. The minimum absolute atomic E-state index is 0.0628. The highest BCUT2D eigenvalue weighted by molar-refractivity contribution is 6.36. The Labute approximate surface area is 166 Å². The number of H-pyrrole nitrogens is 2. The Hall–Kier alpha value is -2.96. The van der Waals surface area contributed by atoms with E-state index in [1.807, 2.05) is 36.4 Å². The topological polar surface area (TPSA) is 77.7 Å². The third-order valence-electron chi connectivity index (χ3n) is 5.18. The number of para-hydroxylation sites is 1. The van der Waals surface area contributed by atoms with Crippen molar-refractivity contribution < 1.29 is 0 Å². The zero-order valence-electron chi connectivity index (χ0n) is 15.1. The first-order valence-electron chi connectivity index (χ1n) is 9.19. The first kappa shape index (κ1) is 17.2. The summed E-state index contributed by atoms with van der Waals surface area (Å²) < 4.78 is 0. The van der Waals surface area contributed by atoms with Crippen molar-refractivity contribution in [3.8, 4) is 11.4 Å². The highest BCUT2D eigenvalue weighted by Gasteiger charge is 2.23. The highest BCUT2D eigenvalue weighted by atomic mass is 35.5. The second-order valence-corrected chi connectivity index (χ2v) is 7.38. The second kappa shape index (κ2) is 6.89. The number of pyridine rings is 1. The first-order chi connectivity index (χ1) is 13.7. The van der Waals surface area contributed by atoms with Crippen LogP contribution in [-0.4, -0.2) is 31.4 Å². The molecular formula is C21H18ClN5O. The van der Waals surface area contributed by atoms with Crippen LogP contribution in [0.15, 0.2) is 53.6 Å². The van der Waals surface area contributed by atoms with Crippen molar-refractivity contribution in [2.75, 3.05) is 6.54 Å². The number of hydrogen-bond acceptors (Lipinski definition) is 4. The normalized spacial score (nSPS) is 14.3. The van der Waals surface area contributed by atoms with E-state index in [9.17, 15) is 4.79 Å². The highest BCUT2D eigenvalue weighted by Crippen LogP contribution is 2.29. The van der Waals surface area contributed by atoms with Gasteiger partial charge in [-0.15, -0.1) is 0 Å². The molecule has 0 radical (unpaired) electrons. The van der Waals surface area contributed by atoms with E-state index in [0.717, 1.165) is 45.0 Å². The summed E-state index contributed by atoms with van der Waals surface area (Å²) >= 11 is 6.57. The Morgan fingerprint density at radius 3 is 2.86 bits per heavy atom. The van der Waals surface area contributed by atoms with Crippen molar-refractivity contribution >= 4 is 22.5 Å². The second-order valence-electron chi connectivity index (χ2n) is 7.01. The molecule has 0 bridgehead atoms. The lowest BCUT2D eigenvalue weighted by atomic mass is 10.1. The fourth-order valence-electron chi connectivity index (χ4n) is 3.76. The van der Waals surface area contributed by atoms with Crippen LogP contribution in [0.25, 0.3) is 22.3 Å². The fourth-order valence-corrected chi connectivity index (χ4v) is 4.04. The monoisotopic (exact) mass is 391 g/mol. The molecular weight excluding hydrogens is 374 g/mol. The Kier molecular flexibility index (Phi) is 4.22. The predicted octanol–water partition coefficient (Wildman–Crippen LogP) is 3.52. The minimum atomic E-state index is -0.0628. The van der Waals surface area contributed by atoms with Gasteiger partial charge in [0, 0.05) is 59.8 Å². The standard InChI is InChI=1S/C21H18ClN5O/c22-19-14-5-1-2-6-16(14)24-18(19)12-27-9-7-15-17(11-27)25-20(26-21(15)28)13-4-3-8-23-10-13/h1-6,8,10,24H,7,9,11-12H2,(H,25,26,28). The van der Waals surface area contributed by atoms with Crippen molar-refractivity contribution in [2.45, 2.75) is 19.5 Å². The zero-order chi connectivity index (χ0) is 19.1. The van der Waals surface area contributed by atoms with Gasteiger partial charge in [0.05, 0.1) is 10.7 Å².